The maximum Gasteiger partial charge on any atom is 0.128 e. The minimum atomic E-state index is -0.315. The van der Waals surface area contributed by atoms with Gasteiger partial charge >= 0.3 is 0 Å². The summed E-state index contributed by atoms with van der Waals surface area (Å²) in [5, 5.41) is 11.3. The van der Waals surface area contributed by atoms with Crippen molar-refractivity contribution in [2.45, 2.75) is 45.0 Å². The average Bonchev–Trinajstić information content (AvgIpc) is 2.79. The molecule has 0 amide bonds. The minimum absolute atomic E-state index is 0.0575. The van der Waals surface area contributed by atoms with Crippen molar-refractivity contribution >= 4 is 27.3 Å². The SMILES string of the molecule is CC1(C)CC(O)C2CN(c3ccc(Br)cc3)C(c3ccccc3)N(c3ccccc3)C2C1. The van der Waals surface area contributed by atoms with Crippen molar-refractivity contribution in [1.82, 2.24) is 0 Å². The van der Waals surface area contributed by atoms with Gasteiger partial charge in [-0.2, -0.15) is 0 Å². The Balaban J connectivity index is 1.69. The van der Waals surface area contributed by atoms with Crippen LogP contribution in [0.25, 0.3) is 0 Å². The van der Waals surface area contributed by atoms with Crippen LogP contribution >= 0.6 is 15.9 Å². The fourth-order valence-electron chi connectivity index (χ4n) is 5.76. The fourth-order valence-corrected chi connectivity index (χ4v) is 6.02. The molecule has 32 heavy (non-hydrogen) atoms. The van der Waals surface area contributed by atoms with Gasteiger partial charge in [0.2, 0.25) is 0 Å². The molecule has 1 heterocycles. The number of halogens is 1. The van der Waals surface area contributed by atoms with E-state index in [0.29, 0.717) is 0 Å². The van der Waals surface area contributed by atoms with Gasteiger partial charge in [0, 0.05) is 34.4 Å². The van der Waals surface area contributed by atoms with E-state index in [9.17, 15) is 5.11 Å². The second-order valence-corrected chi connectivity index (χ2v) is 10.9. The Bertz CT molecular complexity index is 1040. The van der Waals surface area contributed by atoms with E-state index in [4.69, 9.17) is 0 Å². The van der Waals surface area contributed by atoms with Gasteiger partial charge in [0.25, 0.3) is 0 Å². The number of para-hydroxylation sites is 1. The van der Waals surface area contributed by atoms with E-state index >= 15 is 0 Å². The highest BCUT2D eigenvalue weighted by Gasteiger charge is 2.50. The highest BCUT2D eigenvalue weighted by molar-refractivity contribution is 9.10. The number of benzene rings is 3. The molecule has 0 radical (unpaired) electrons. The molecule has 0 aromatic heterocycles. The summed E-state index contributed by atoms with van der Waals surface area (Å²) >= 11 is 3.59. The van der Waals surface area contributed by atoms with Crippen LogP contribution in [-0.4, -0.2) is 23.8 Å². The average molecular weight is 491 g/mol. The summed E-state index contributed by atoms with van der Waals surface area (Å²) in [5.41, 5.74) is 3.77. The molecule has 4 heteroatoms. The third-order valence-electron chi connectivity index (χ3n) is 7.15. The Morgan fingerprint density at radius 3 is 2.09 bits per heavy atom. The first-order valence-electron chi connectivity index (χ1n) is 11.5. The number of rotatable bonds is 3. The summed E-state index contributed by atoms with van der Waals surface area (Å²) in [6.45, 7) is 5.44. The van der Waals surface area contributed by atoms with Crippen LogP contribution in [0.2, 0.25) is 0 Å². The highest BCUT2D eigenvalue weighted by Crippen LogP contribution is 2.49. The Kier molecular flexibility index (Phi) is 5.77. The van der Waals surface area contributed by atoms with Crippen LogP contribution in [0.3, 0.4) is 0 Å². The molecule has 4 unspecified atom stereocenters. The van der Waals surface area contributed by atoms with Gasteiger partial charge in [-0.1, -0.05) is 78.3 Å². The molecule has 3 nitrogen and oxygen atoms in total. The lowest BCUT2D eigenvalue weighted by atomic mass is 9.66. The van der Waals surface area contributed by atoms with Gasteiger partial charge in [0.1, 0.15) is 6.17 Å². The number of hydrogen-bond acceptors (Lipinski definition) is 3. The molecule has 2 aliphatic rings. The lowest BCUT2D eigenvalue weighted by Gasteiger charge is -2.59. The summed E-state index contributed by atoms with van der Waals surface area (Å²) < 4.78 is 1.08. The van der Waals surface area contributed by atoms with Gasteiger partial charge in [0.15, 0.2) is 0 Å². The maximum atomic E-state index is 11.3. The predicted molar refractivity (Wildman–Crippen MR) is 136 cm³/mol. The van der Waals surface area contributed by atoms with Crippen LogP contribution in [0.1, 0.15) is 38.4 Å². The molecule has 2 fully saturated rings. The third-order valence-corrected chi connectivity index (χ3v) is 7.67. The minimum Gasteiger partial charge on any atom is -0.393 e. The standard InChI is InChI=1S/C28H31BrN2O/c1-28(2)17-25-24(26(32)18-28)19-30(22-15-13-21(29)14-16-22)27(20-9-5-3-6-10-20)31(25)23-11-7-4-8-12-23/h3-16,24-27,32H,17-19H2,1-2H3. The Morgan fingerprint density at radius 1 is 0.812 bits per heavy atom. The van der Waals surface area contributed by atoms with Crippen LogP contribution < -0.4 is 9.80 Å². The molecule has 0 bridgehead atoms. The molecule has 3 aromatic rings. The first kappa shape index (κ1) is 21.5. The lowest BCUT2D eigenvalue weighted by Crippen LogP contribution is -2.63. The summed E-state index contributed by atoms with van der Waals surface area (Å²) in [4.78, 5) is 5.06. The molecule has 1 aliphatic carbocycles. The quantitative estimate of drug-likeness (QED) is 0.445. The van der Waals surface area contributed by atoms with Crippen LogP contribution in [0, 0.1) is 11.3 Å². The topological polar surface area (TPSA) is 26.7 Å². The van der Waals surface area contributed by atoms with Crippen LogP contribution in [0.15, 0.2) is 89.4 Å². The molecular weight excluding hydrogens is 460 g/mol. The molecule has 3 aromatic carbocycles. The van der Waals surface area contributed by atoms with Gasteiger partial charge in [-0.05, 0) is 60.2 Å². The maximum absolute atomic E-state index is 11.3. The van der Waals surface area contributed by atoms with Crippen molar-refractivity contribution in [1.29, 1.82) is 0 Å². The number of fused-ring (bicyclic) bond motifs is 1. The van der Waals surface area contributed by atoms with E-state index in [0.717, 1.165) is 23.9 Å². The first-order chi connectivity index (χ1) is 15.4. The molecule has 5 rings (SSSR count). The van der Waals surface area contributed by atoms with Gasteiger partial charge in [-0.3, -0.25) is 0 Å². The van der Waals surface area contributed by atoms with Crippen molar-refractivity contribution in [2.75, 3.05) is 16.3 Å². The van der Waals surface area contributed by atoms with E-state index in [1.165, 1.54) is 16.9 Å². The van der Waals surface area contributed by atoms with Gasteiger partial charge in [-0.25, -0.2) is 0 Å². The van der Waals surface area contributed by atoms with E-state index in [-0.39, 0.29) is 29.6 Å². The summed E-state index contributed by atoms with van der Waals surface area (Å²) in [7, 11) is 0. The zero-order chi connectivity index (χ0) is 22.3. The summed E-state index contributed by atoms with van der Waals surface area (Å²) in [5.74, 6) is 0.187. The monoisotopic (exact) mass is 490 g/mol. The molecule has 1 aliphatic heterocycles. The van der Waals surface area contributed by atoms with E-state index < -0.39 is 0 Å². The lowest BCUT2D eigenvalue weighted by molar-refractivity contribution is -0.00719. The fraction of sp³-hybridized carbons (Fsp3) is 0.357. The zero-order valence-corrected chi connectivity index (χ0v) is 20.3. The number of aliphatic hydroxyl groups excluding tert-OH is 1. The van der Waals surface area contributed by atoms with Crippen molar-refractivity contribution in [3.63, 3.8) is 0 Å². The van der Waals surface area contributed by atoms with Crippen LogP contribution in [-0.2, 0) is 0 Å². The van der Waals surface area contributed by atoms with Gasteiger partial charge < -0.3 is 14.9 Å². The highest BCUT2D eigenvalue weighted by atomic mass is 79.9. The van der Waals surface area contributed by atoms with Gasteiger partial charge in [-0.15, -0.1) is 0 Å². The second kappa shape index (κ2) is 8.57. The smallest absolute Gasteiger partial charge is 0.128 e. The third kappa shape index (κ3) is 4.06. The molecule has 166 valence electrons. The molecule has 1 saturated carbocycles. The van der Waals surface area contributed by atoms with Gasteiger partial charge in [0.05, 0.1) is 6.10 Å². The number of hydrogen-bond donors (Lipinski definition) is 1. The van der Waals surface area contributed by atoms with Crippen molar-refractivity contribution in [3.05, 3.63) is 95.0 Å². The van der Waals surface area contributed by atoms with Crippen molar-refractivity contribution in [3.8, 4) is 0 Å². The van der Waals surface area contributed by atoms with Crippen LogP contribution in [0.4, 0.5) is 11.4 Å². The Hall–Kier alpha value is -2.30. The van der Waals surface area contributed by atoms with E-state index in [2.05, 4.69) is 125 Å². The number of aliphatic hydroxyl groups is 1. The van der Waals surface area contributed by atoms with Crippen LogP contribution in [0.5, 0.6) is 0 Å². The predicted octanol–water partition coefficient (Wildman–Crippen LogP) is 6.64. The number of anilines is 2. The normalized spacial score (nSPS) is 27.1. The first-order valence-corrected chi connectivity index (χ1v) is 12.3. The largest absolute Gasteiger partial charge is 0.393 e. The van der Waals surface area contributed by atoms with Crippen molar-refractivity contribution < 1.29 is 5.11 Å². The molecule has 4 atom stereocenters. The van der Waals surface area contributed by atoms with Crippen molar-refractivity contribution in [2.24, 2.45) is 11.3 Å². The molecule has 0 spiro atoms. The van der Waals surface area contributed by atoms with E-state index in [1.807, 2.05) is 0 Å². The van der Waals surface area contributed by atoms with E-state index in [1.54, 1.807) is 0 Å². The Morgan fingerprint density at radius 2 is 1.44 bits per heavy atom. The molecule has 1 N–H and O–H groups in total. The summed E-state index contributed by atoms with van der Waals surface area (Å²) in [6, 6.07) is 30.4. The number of nitrogens with zero attached hydrogens (tertiary/aromatic N) is 2. The molecule has 1 saturated heterocycles. The summed E-state index contributed by atoms with van der Waals surface area (Å²) in [6.07, 6.45) is 1.66. The molecular formula is C28H31BrN2O. The second-order valence-electron chi connectivity index (χ2n) is 10.0. The zero-order valence-electron chi connectivity index (χ0n) is 18.7. The Labute approximate surface area is 199 Å².